The largest absolute Gasteiger partial charge is 0.293 e. The first-order chi connectivity index (χ1) is 9.55. The topological polar surface area (TPSA) is 30.0 Å². The summed E-state index contributed by atoms with van der Waals surface area (Å²) in [6, 6.07) is 0. The summed E-state index contributed by atoms with van der Waals surface area (Å²) in [7, 11) is 0. The normalized spacial score (nSPS) is 24.0. The zero-order valence-corrected chi connectivity index (χ0v) is 13.5. The highest BCUT2D eigenvalue weighted by atomic mass is 32.1. The first kappa shape index (κ1) is 14.2. The quantitative estimate of drug-likeness (QED) is 0.718. The molecule has 1 aromatic heterocycles. The van der Waals surface area contributed by atoms with Crippen molar-refractivity contribution in [3.63, 3.8) is 0 Å². The zero-order valence-electron chi connectivity index (χ0n) is 12.7. The number of aromatic nitrogens is 1. The zero-order chi connectivity index (χ0) is 14.2. The third-order valence-electron chi connectivity index (χ3n) is 4.71. The van der Waals surface area contributed by atoms with E-state index < -0.39 is 0 Å². The maximum Gasteiger partial charge on any atom is 0.175 e. The third kappa shape index (κ3) is 2.98. The lowest BCUT2D eigenvalue weighted by molar-refractivity contribution is 0.0916. The summed E-state index contributed by atoms with van der Waals surface area (Å²) in [5, 5.41) is 1.25. The SMILES string of the molecule is CC1(C)CC(=O)c2sc(C3CCCCCCC3)nc2C1. The van der Waals surface area contributed by atoms with Crippen LogP contribution in [0.1, 0.15) is 91.5 Å². The second-order valence-corrected chi connectivity index (χ2v) is 8.34. The van der Waals surface area contributed by atoms with E-state index in [9.17, 15) is 4.79 Å². The summed E-state index contributed by atoms with van der Waals surface area (Å²) in [4.78, 5) is 18.2. The molecule has 3 rings (SSSR count). The maximum atomic E-state index is 12.3. The minimum absolute atomic E-state index is 0.0936. The molecule has 110 valence electrons. The van der Waals surface area contributed by atoms with Crippen LogP contribution < -0.4 is 0 Å². The second kappa shape index (κ2) is 5.59. The van der Waals surface area contributed by atoms with Crippen molar-refractivity contribution in [1.82, 2.24) is 4.98 Å². The third-order valence-corrected chi connectivity index (χ3v) is 6.01. The van der Waals surface area contributed by atoms with Gasteiger partial charge >= 0.3 is 0 Å². The number of nitrogens with zero attached hydrogens (tertiary/aromatic N) is 1. The van der Waals surface area contributed by atoms with Crippen LogP contribution in [0.3, 0.4) is 0 Å². The Hall–Kier alpha value is -0.700. The minimum Gasteiger partial charge on any atom is -0.293 e. The summed E-state index contributed by atoms with van der Waals surface area (Å²) < 4.78 is 0. The van der Waals surface area contributed by atoms with E-state index in [4.69, 9.17) is 4.98 Å². The number of hydrogen-bond donors (Lipinski definition) is 0. The summed E-state index contributed by atoms with van der Waals surface area (Å²) in [6.07, 6.45) is 11.0. The molecule has 1 heterocycles. The standard InChI is InChI=1S/C17H25NOS/c1-17(2)10-13-15(14(19)11-17)20-16(18-13)12-8-6-4-3-5-7-9-12/h12H,3-11H2,1-2H3. The van der Waals surface area contributed by atoms with Gasteiger partial charge in [0.05, 0.1) is 15.6 Å². The van der Waals surface area contributed by atoms with Crippen LogP contribution in [-0.2, 0) is 6.42 Å². The van der Waals surface area contributed by atoms with Crippen molar-refractivity contribution in [1.29, 1.82) is 0 Å². The van der Waals surface area contributed by atoms with Crippen LogP contribution in [0.25, 0.3) is 0 Å². The van der Waals surface area contributed by atoms with Crippen molar-refractivity contribution < 1.29 is 4.79 Å². The molecule has 0 aliphatic heterocycles. The Morgan fingerprint density at radius 3 is 2.40 bits per heavy atom. The highest BCUT2D eigenvalue weighted by Crippen LogP contribution is 2.40. The van der Waals surface area contributed by atoms with Crippen LogP contribution in [-0.4, -0.2) is 10.8 Å². The van der Waals surface area contributed by atoms with Crippen molar-refractivity contribution in [2.24, 2.45) is 5.41 Å². The highest BCUT2D eigenvalue weighted by Gasteiger charge is 2.34. The number of thiazole rings is 1. The molecule has 0 radical (unpaired) electrons. The van der Waals surface area contributed by atoms with E-state index in [1.807, 2.05) is 0 Å². The average molecular weight is 291 g/mol. The van der Waals surface area contributed by atoms with Crippen molar-refractivity contribution in [3.05, 3.63) is 15.6 Å². The Morgan fingerprint density at radius 1 is 1.05 bits per heavy atom. The van der Waals surface area contributed by atoms with Gasteiger partial charge < -0.3 is 0 Å². The number of Topliss-reactive ketones (excluding diaryl/α,β-unsaturated/α-hetero) is 1. The fourth-order valence-corrected chi connectivity index (χ4v) is 4.81. The molecule has 2 aliphatic carbocycles. The van der Waals surface area contributed by atoms with Gasteiger partial charge in [0.25, 0.3) is 0 Å². The van der Waals surface area contributed by atoms with Gasteiger partial charge in [0, 0.05) is 12.3 Å². The van der Waals surface area contributed by atoms with E-state index in [0.29, 0.717) is 18.1 Å². The molecule has 1 saturated carbocycles. The highest BCUT2D eigenvalue weighted by molar-refractivity contribution is 7.14. The van der Waals surface area contributed by atoms with E-state index in [0.717, 1.165) is 17.0 Å². The average Bonchev–Trinajstić information content (AvgIpc) is 2.70. The van der Waals surface area contributed by atoms with Crippen LogP contribution in [0.5, 0.6) is 0 Å². The van der Waals surface area contributed by atoms with Gasteiger partial charge in [-0.25, -0.2) is 4.98 Å². The predicted octanol–water partition coefficient (Wildman–Crippen LogP) is 5.13. The van der Waals surface area contributed by atoms with Crippen LogP contribution in [0.15, 0.2) is 0 Å². The molecule has 0 N–H and O–H groups in total. The predicted molar refractivity (Wildman–Crippen MR) is 83.6 cm³/mol. The first-order valence-corrected chi connectivity index (χ1v) is 8.90. The number of hydrogen-bond acceptors (Lipinski definition) is 3. The molecule has 0 saturated heterocycles. The van der Waals surface area contributed by atoms with Crippen LogP contribution >= 0.6 is 11.3 Å². The maximum absolute atomic E-state index is 12.3. The summed E-state index contributed by atoms with van der Waals surface area (Å²) in [5.41, 5.74) is 1.18. The summed E-state index contributed by atoms with van der Waals surface area (Å²) in [5.74, 6) is 0.938. The van der Waals surface area contributed by atoms with Crippen molar-refractivity contribution in [2.45, 2.75) is 77.6 Å². The van der Waals surface area contributed by atoms with Gasteiger partial charge in [-0.3, -0.25) is 4.79 Å². The molecule has 0 unspecified atom stereocenters. The smallest absolute Gasteiger partial charge is 0.175 e. The number of fused-ring (bicyclic) bond motifs is 1. The Kier molecular flexibility index (Phi) is 3.98. The van der Waals surface area contributed by atoms with Gasteiger partial charge in [-0.1, -0.05) is 46.0 Å². The van der Waals surface area contributed by atoms with Gasteiger partial charge in [0.2, 0.25) is 0 Å². The van der Waals surface area contributed by atoms with Gasteiger partial charge in [-0.05, 0) is 24.7 Å². The Balaban J connectivity index is 1.83. The molecule has 0 amide bonds. The number of carbonyl (C=O) groups excluding carboxylic acids is 1. The molecule has 0 spiro atoms. The first-order valence-electron chi connectivity index (χ1n) is 8.08. The Bertz CT molecular complexity index is 495. The Labute approximate surface area is 126 Å². The van der Waals surface area contributed by atoms with Gasteiger partial charge in [0.15, 0.2) is 5.78 Å². The van der Waals surface area contributed by atoms with Crippen LogP contribution in [0.4, 0.5) is 0 Å². The summed E-state index contributed by atoms with van der Waals surface area (Å²) >= 11 is 1.71. The van der Waals surface area contributed by atoms with E-state index in [-0.39, 0.29) is 5.41 Å². The van der Waals surface area contributed by atoms with Crippen molar-refractivity contribution in [2.75, 3.05) is 0 Å². The van der Waals surface area contributed by atoms with Crippen molar-refractivity contribution >= 4 is 17.1 Å². The van der Waals surface area contributed by atoms with E-state index in [1.165, 1.54) is 50.0 Å². The lowest BCUT2D eigenvalue weighted by atomic mass is 9.78. The molecule has 0 bridgehead atoms. The van der Waals surface area contributed by atoms with Gasteiger partial charge in [-0.2, -0.15) is 0 Å². The van der Waals surface area contributed by atoms with Gasteiger partial charge in [0.1, 0.15) is 0 Å². The number of ketones is 1. The van der Waals surface area contributed by atoms with Gasteiger partial charge in [-0.15, -0.1) is 11.3 Å². The molecular formula is C17H25NOS. The minimum atomic E-state index is 0.0936. The monoisotopic (exact) mass is 291 g/mol. The van der Waals surface area contributed by atoms with Crippen LogP contribution in [0.2, 0.25) is 0 Å². The van der Waals surface area contributed by atoms with E-state index in [2.05, 4.69) is 13.8 Å². The van der Waals surface area contributed by atoms with E-state index >= 15 is 0 Å². The van der Waals surface area contributed by atoms with Crippen molar-refractivity contribution in [3.8, 4) is 0 Å². The molecule has 3 heteroatoms. The fourth-order valence-electron chi connectivity index (χ4n) is 3.62. The lowest BCUT2D eigenvalue weighted by Gasteiger charge is -2.26. The molecule has 1 fully saturated rings. The van der Waals surface area contributed by atoms with Crippen LogP contribution in [0, 0.1) is 5.41 Å². The summed E-state index contributed by atoms with van der Waals surface area (Å²) in [6.45, 7) is 4.37. The molecular weight excluding hydrogens is 266 g/mol. The number of carbonyl (C=O) groups is 1. The Morgan fingerprint density at radius 2 is 1.70 bits per heavy atom. The molecule has 20 heavy (non-hydrogen) atoms. The molecule has 1 aromatic rings. The lowest BCUT2D eigenvalue weighted by Crippen LogP contribution is -2.26. The number of rotatable bonds is 1. The molecule has 2 nitrogen and oxygen atoms in total. The molecule has 0 aromatic carbocycles. The fraction of sp³-hybridized carbons (Fsp3) is 0.765. The molecule has 2 aliphatic rings. The second-order valence-electron chi connectivity index (χ2n) is 7.31. The molecule has 0 atom stereocenters. The van der Waals surface area contributed by atoms with E-state index in [1.54, 1.807) is 11.3 Å².